The monoisotopic (exact) mass is 413 g/mol. The van der Waals surface area contributed by atoms with E-state index in [2.05, 4.69) is 5.32 Å². The first-order valence-electron chi connectivity index (χ1n) is 10.8. The summed E-state index contributed by atoms with van der Waals surface area (Å²) in [5, 5.41) is 3.26. The summed E-state index contributed by atoms with van der Waals surface area (Å²) < 4.78 is 15.9. The van der Waals surface area contributed by atoms with Crippen molar-refractivity contribution in [3.05, 3.63) is 29.8 Å². The molecule has 0 saturated heterocycles. The van der Waals surface area contributed by atoms with Gasteiger partial charge >= 0.3 is 5.97 Å². The van der Waals surface area contributed by atoms with E-state index in [0.29, 0.717) is 11.5 Å². The molecule has 1 N–H and O–H groups in total. The lowest BCUT2D eigenvalue weighted by atomic mass is 9.53. The first-order valence-corrected chi connectivity index (χ1v) is 10.8. The van der Waals surface area contributed by atoms with E-state index in [-0.39, 0.29) is 11.4 Å². The fourth-order valence-electron chi connectivity index (χ4n) is 6.01. The van der Waals surface area contributed by atoms with Gasteiger partial charge in [0.15, 0.2) is 6.10 Å². The molecule has 1 aromatic rings. The molecule has 0 heterocycles. The highest BCUT2D eigenvalue weighted by molar-refractivity contribution is 5.91. The number of nitrogens with one attached hydrogen (secondary N) is 1. The Bertz CT molecular complexity index is 811. The predicted octanol–water partition coefficient (Wildman–Crippen LogP) is 3.73. The van der Waals surface area contributed by atoms with Crippen LogP contribution >= 0.6 is 0 Å². The molecule has 162 valence electrons. The van der Waals surface area contributed by atoms with Crippen molar-refractivity contribution < 1.29 is 23.8 Å². The quantitative estimate of drug-likeness (QED) is 0.545. The first kappa shape index (κ1) is 20.8. The Morgan fingerprint density at radius 3 is 2.27 bits per heavy atom. The molecule has 4 aliphatic rings. The van der Waals surface area contributed by atoms with Crippen LogP contribution in [0.15, 0.2) is 24.3 Å². The second-order valence-electron chi connectivity index (χ2n) is 9.21. The maximum atomic E-state index is 12.8. The van der Waals surface area contributed by atoms with Gasteiger partial charge in [-0.15, -0.1) is 0 Å². The molecular weight excluding hydrogens is 382 g/mol. The van der Waals surface area contributed by atoms with Gasteiger partial charge in [0, 0.05) is 23.2 Å². The standard InChI is InChI=1S/C24H31NO5/c1-15(23(27)25-24-12-16-8-17(13-24)10-18(9-16)14-24)30-22(26)7-5-19-4-6-20(28-2)11-21(19)29-3/h4-7,11,15-18H,8-10,12-14H2,1-3H3,(H,25,27)/b7-5+/t15-,16?,17?,18?,24?/m0/s1. The van der Waals surface area contributed by atoms with E-state index >= 15 is 0 Å². The van der Waals surface area contributed by atoms with Gasteiger partial charge in [0.05, 0.1) is 14.2 Å². The maximum absolute atomic E-state index is 12.8. The SMILES string of the molecule is COc1ccc(/C=C/C(=O)O[C@@H](C)C(=O)NC23CC4CC(CC(C4)C2)C3)c(OC)c1. The topological polar surface area (TPSA) is 73.9 Å². The molecule has 30 heavy (non-hydrogen) atoms. The number of ether oxygens (including phenoxy) is 3. The summed E-state index contributed by atoms with van der Waals surface area (Å²) in [6, 6.07) is 5.33. The highest BCUT2D eigenvalue weighted by atomic mass is 16.5. The molecule has 0 aromatic heterocycles. The molecule has 4 aliphatic carbocycles. The van der Waals surface area contributed by atoms with E-state index < -0.39 is 12.1 Å². The molecule has 4 bridgehead atoms. The third-order valence-corrected chi connectivity index (χ3v) is 6.93. The number of hydrogen-bond donors (Lipinski definition) is 1. The zero-order valence-electron chi connectivity index (χ0n) is 18.0. The Hall–Kier alpha value is -2.50. The van der Waals surface area contributed by atoms with Gasteiger partial charge in [0.1, 0.15) is 11.5 Å². The molecule has 1 atom stereocenters. The number of methoxy groups -OCH3 is 2. The molecule has 0 aliphatic heterocycles. The average molecular weight is 414 g/mol. The van der Waals surface area contributed by atoms with Crippen molar-refractivity contribution in [2.75, 3.05) is 14.2 Å². The number of carbonyl (C=O) groups excluding carboxylic acids is 2. The Labute approximate surface area is 178 Å². The molecule has 0 spiro atoms. The summed E-state index contributed by atoms with van der Waals surface area (Å²) >= 11 is 0. The number of carbonyl (C=O) groups is 2. The normalized spacial score (nSPS) is 30.2. The molecule has 4 saturated carbocycles. The largest absolute Gasteiger partial charge is 0.497 e. The molecule has 5 rings (SSSR count). The van der Waals surface area contributed by atoms with Crippen LogP contribution in [0.4, 0.5) is 0 Å². The Morgan fingerprint density at radius 1 is 1.07 bits per heavy atom. The average Bonchev–Trinajstić information content (AvgIpc) is 2.70. The van der Waals surface area contributed by atoms with Crippen LogP contribution in [0.1, 0.15) is 51.0 Å². The van der Waals surface area contributed by atoms with Crippen LogP contribution < -0.4 is 14.8 Å². The Balaban J connectivity index is 1.33. The van der Waals surface area contributed by atoms with E-state index in [1.54, 1.807) is 45.4 Å². The molecule has 0 radical (unpaired) electrons. The van der Waals surface area contributed by atoms with Gasteiger partial charge < -0.3 is 19.5 Å². The van der Waals surface area contributed by atoms with Crippen LogP contribution in [0.5, 0.6) is 11.5 Å². The zero-order valence-corrected chi connectivity index (χ0v) is 18.0. The van der Waals surface area contributed by atoms with Crippen molar-refractivity contribution in [1.29, 1.82) is 0 Å². The summed E-state index contributed by atoms with van der Waals surface area (Å²) in [5.41, 5.74) is 0.639. The molecule has 1 amide bonds. The number of benzene rings is 1. The summed E-state index contributed by atoms with van der Waals surface area (Å²) in [6.07, 6.45) is 9.28. The minimum atomic E-state index is -0.826. The van der Waals surface area contributed by atoms with Crippen molar-refractivity contribution in [3.63, 3.8) is 0 Å². The van der Waals surface area contributed by atoms with Crippen molar-refractivity contribution in [1.82, 2.24) is 5.32 Å². The van der Waals surface area contributed by atoms with Crippen LogP contribution in [-0.2, 0) is 14.3 Å². The second-order valence-corrected chi connectivity index (χ2v) is 9.21. The lowest BCUT2D eigenvalue weighted by Gasteiger charge is -2.57. The number of hydrogen-bond acceptors (Lipinski definition) is 5. The van der Waals surface area contributed by atoms with Crippen molar-refractivity contribution >= 4 is 18.0 Å². The summed E-state index contributed by atoms with van der Waals surface area (Å²) in [6.45, 7) is 1.63. The lowest BCUT2D eigenvalue weighted by molar-refractivity contribution is -0.152. The zero-order chi connectivity index (χ0) is 21.3. The van der Waals surface area contributed by atoms with Gasteiger partial charge in [-0.05, 0) is 81.4 Å². The number of rotatable bonds is 7. The third kappa shape index (κ3) is 4.32. The van der Waals surface area contributed by atoms with Crippen LogP contribution in [0.2, 0.25) is 0 Å². The van der Waals surface area contributed by atoms with Crippen LogP contribution in [-0.4, -0.2) is 37.7 Å². The van der Waals surface area contributed by atoms with Gasteiger partial charge in [-0.25, -0.2) is 4.79 Å². The smallest absolute Gasteiger partial charge is 0.331 e. The van der Waals surface area contributed by atoms with Gasteiger partial charge in [0.2, 0.25) is 0 Å². The predicted molar refractivity (Wildman–Crippen MR) is 113 cm³/mol. The van der Waals surface area contributed by atoms with Crippen LogP contribution in [0.25, 0.3) is 6.08 Å². The number of amides is 1. The van der Waals surface area contributed by atoms with Crippen molar-refractivity contribution in [2.45, 2.75) is 57.1 Å². The van der Waals surface area contributed by atoms with E-state index in [0.717, 1.165) is 42.6 Å². The lowest BCUT2D eigenvalue weighted by Crippen LogP contribution is -2.61. The number of esters is 1. The first-order chi connectivity index (χ1) is 14.4. The molecule has 4 fully saturated rings. The summed E-state index contributed by atoms with van der Waals surface area (Å²) in [5.74, 6) is 2.75. The molecule has 1 aromatic carbocycles. The van der Waals surface area contributed by atoms with Crippen molar-refractivity contribution in [3.8, 4) is 11.5 Å². The van der Waals surface area contributed by atoms with Gasteiger partial charge in [-0.2, -0.15) is 0 Å². The highest BCUT2D eigenvalue weighted by Crippen LogP contribution is 2.55. The summed E-state index contributed by atoms with van der Waals surface area (Å²) in [4.78, 5) is 25.0. The van der Waals surface area contributed by atoms with Gasteiger partial charge in [0.25, 0.3) is 5.91 Å². The third-order valence-electron chi connectivity index (χ3n) is 6.93. The maximum Gasteiger partial charge on any atom is 0.331 e. The fourth-order valence-corrected chi connectivity index (χ4v) is 6.01. The minimum absolute atomic E-state index is 0.0845. The van der Waals surface area contributed by atoms with E-state index in [9.17, 15) is 9.59 Å². The highest BCUT2D eigenvalue weighted by Gasteiger charge is 2.51. The van der Waals surface area contributed by atoms with Crippen LogP contribution in [0.3, 0.4) is 0 Å². The minimum Gasteiger partial charge on any atom is -0.497 e. The Kier molecular flexibility index (Phi) is 5.76. The molecule has 6 heteroatoms. The second kappa shape index (κ2) is 8.32. The van der Waals surface area contributed by atoms with Crippen molar-refractivity contribution in [2.24, 2.45) is 17.8 Å². The van der Waals surface area contributed by atoms with Gasteiger partial charge in [-0.1, -0.05) is 0 Å². The van der Waals surface area contributed by atoms with E-state index in [1.165, 1.54) is 25.3 Å². The van der Waals surface area contributed by atoms with E-state index in [4.69, 9.17) is 14.2 Å². The molecular formula is C24H31NO5. The van der Waals surface area contributed by atoms with E-state index in [1.807, 2.05) is 0 Å². The molecule has 0 unspecified atom stereocenters. The Morgan fingerprint density at radius 2 is 1.70 bits per heavy atom. The van der Waals surface area contributed by atoms with Crippen LogP contribution in [0, 0.1) is 17.8 Å². The fraction of sp³-hybridized carbons (Fsp3) is 0.583. The van der Waals surface area contributed by atoms with Gasteiger partial charge in [-0.3, -0.25) is 4.79 Å². The summed E-state index contributed by atoms with van der Waals surface area (Å²) in [7, 11) is 3.14. The molecule has 6 nitrogen and oxygen atoms in total.